The zero-order chi connectivity index (χ0) is 8.97. The third-order valence-electron chi connectivity index (χ3n) is 2.11. The molecule has 2 radical (unpaired) electrons. The van der Waals surface area contributed by atoms with Gasteiger partial charge in [-0.25, -0.2) is 0 Å². The van der Waals surface area contributed by atoms with Gasteiger partial charge in [-0.2, -0.15) is 0 Å². The quantitative estimate of drug-likeness (QED) is 0.455. The lowest BCUT2D eigenvalue weighted by Crippen LogP contribution is -2.16. The predicted molar refractivity (Wildman–Crippen MR) is 64.6 cm³/mol. The highest BCUT2D eigenvalue weighted by Crippen LogP contribution is 2.08. The minimum Gasteiger partial charge on any atom is -0.117 e. The first-order valence-electron chi connectivity index (χ1n) is 4.30. The summed E-state index contributed by atoms with van der Waals surface area (Å²) in [7, 11) is 0.905. The van der Waals surface area contributed by atoms with Gasteiger partial charge in [0.05, 0.1) is 0 Å². The van der Waals surface area contributed by atoms with Gasteiger partial charge >= 0.3 is 0 Å². The van der Waals surface area contributed by atoms with Crippen molar-refractivity contribution in [2.24, 2.45) is 0 Å². The maximum absolute atomic E-state index is 2.46. The maximum Gasteiger partial charge on any atom is 0.169 e. The molecule has 0 N–H and O–H groups in total. The SMILES string of the molecule is CCc1cccc([Si]I)c1CC. The fraction of sp³-hybridized carbons (Fsp3) is 0.400. The molecule has 0 saturated carbocycles. The van der Waals surface area contributed by atoms with Gasteiger partial charge in [0, 0.05) is 0 Å². The lowest BCUT2D eigenvalue weighted by atomic mass is 10.0. The van der Waals surface area contributed by atoms with Gasteiger partial charge in [-0.3, -0.25) is 0 Å². The summed E-state index contributed by atoms with van der Waals surface area (Å²) in [6.45, 7) is 4.48. The van der Waals surface area contributed by atoms with Crippen molar-refractivity contribution >= 4 is 34.0 Å². The van der Waals surface area contributed by atoms with Crippen molar-refractivity contribution in [2.45, 2.75) is 26.7 Å². The Morgan fingerprint density at radius 3 is 2.50 bits per heavy atom. The van der Waals surface area contributed by atoms with Crippen LogP contribution in [-0.2, 0) is 12.8 Å². The van der Waals surface area contributed by atoms with Gasteiger partial charge in [-0.05, 0) is 29.2 Å². The van der Waals surface area contributed by atoms with Crippen molar-refractivity contribution < 1.29 is 0 Å². The molecule has 0 unspecified atom stereocenters. The Balaban J connectivity index is 3.13. The summed E-state index contributed by atoms with van der Waals surface area (Å²) in [4.78, 5) is 0. The van der Waals surface area contributed by atoms with E-state index in [1.807, 2.05) is 0 Å². The van der Waals surface area contributed by atoms with Gasteiger partial charge in [0.2, 0.25) is 0 Å². The lowest BCUT2D eigenvalue weighted by Gasteiger charge is -2.09. The molecule has 0 bridgehead atoms. The summed E-state index contributed by atoms with van der Waals surface area (Å²) in [5, 5.41) is 1.54. The minimum atomic E-state index is 0.905. The third kappa shape index (κ3) is 2.10. The number of benzene rings is 1. The van der Waals surface area contributed by atoms with E-state index < -0.39 is 0 Å². The van der Waals surface area contributed by atoms with Gasteiger partial charge in [0.1, 0.15) is 0 Å². The Labute approximate surface area is 89.8 Å². The second kappa shape index (κ2) is 5.02. The smallest absolute Gasteiger partial charge is 0.117 e. The van der Waals surface area contributed by atoms with Crippen LogP contribution in [0.5, 0.6) is 0 Å². The van der Waals surface area contributed by atoms with Crippen LogP contribution in [0.2, 0.25) is 0 Å². The Hall–Kier alpha value is 0.167. The van der Waals surface area contributed by atoms with Crippen LogP contribution >= 0.6 is 21.8 Å². The summed E-state index contributed by atoms with van der Waals surface area (Å²) < 4.78 is 0. The predicted octanol–water partition coefficient (Wildman–Crippen LogP) is 2.49. The molecule has 0 aliphatic heterocycles. The number of rotatable bonds is 3. The molecule has 0 heterocycles. The molecule has 0 nitrogen and oxygen atoms in total. The first-order valence-corrected chi connectivity index (χ1v) is 8.42. The average molecular weight is 288 g/mol. The van der Waals surface area contributed by atoms with Crippen molar-refractivity contribution in [2.75, 3.05) is 0 Å². The highest BCUT2D eigenvalue weighted by molar-refractivity contribution is 14.1. The molecule has 0 aliphatic carbocycles. The van der Waals surface area contributed by atoms with E-state index in [0.717, 1.165) is 13.4 Å². The lowest BCUT2D eigenvalue weighted by molar-refractivity contribution is 1.05. The molecule has 0 spiro atoms. The topological polar surface area (TPSA) is 0 Å². The van der Waals surface area contributed by atoms with Crippen LogP contribution in [0, 0.1) is 0 Å². The van der Waals surface area contributed by atoms with Crippen LogP contribution < -0.4 is 5.19 Å². The van der Waals surface area contributed by atoms with Gasteiger partial charge in [-0.15, -0.1) is 21.8 Å². The molecule has 0 aromatic heterocycles. The summed E-state index contributed by atoms with van der Waals surface area (Å²) in [6.07, 6.45) is 2.34. The molecule has 0 amide bonds. The summed E-state index contributed by atoms with van der Waals surface area (Å²) >= 11 is 2.46. The first-order chi connectivity index (χ1) is 5.83. The molecular formula is C10H13ISi. The summed E-state index contributed by atoms with van der Waals surface area (Å²) in [5.41, 5.74) is 3.10. The Morgan fingerprint density at radius 2 is 2.00 bits per heavy atom. The number of hydrogen-bond acceptors (Lipinski definition) is 0. The van der Waals surface area contributed by atoms with E-state index in [0.29, 0.717) is 0 Å². The average Bonchev–Trinajstić information content (AvgIpc) is 2.16. The van der Waals surface area contributed by atoms with Gasteiger partial charge < -0.3 is 0 Å². The van der Waals surface area contributed by atoms with Gasteiger partial charge in [0.25, 0.3) is 0 Å². The van der Waals surface area contributed by atoms with Crippen molar-refractivity contribution in [3.8, 4) is 0 Å². The zero-order valence-corrected chi connectivity index (χ0v) is 10.7. The van der Waals surface area contributed by atoms with Crippen LogP contribution in [0.4, 0.5) is 0 Å². The van der Waals surface area contributed by atoms with Gasteiger partial charge in [0.15, 0.2) is 7.02 Å². The summed E-state index contributed by atoms with van der Waals surface area (Å²) in [6, 6.07) is 6.68. The van der Waals surface area contributed by atoms with Crippen LogP contribution in [0.3, 0.4) is 0 Å². The standard InChI is InChI=1S/C10H13ISi/c1-3-8-6-5-7-10(12-11)9(8)4-2/h5-7H,3-4H2,1-2H3. The Morgan fingerprint density at radius 1 is 1.25 bits per heavy atom. The number of hydrogen-bond donors (Lipinski definition) is 0. The van der Waals surface area contributed by atoms with E-state index in [-0.39, 0.29) is 0 Å². The highest BCUT2D eigenvalue weighted by Gasteiger charge is 2.03. The molecule has 0 saturated heterocycles. The van der Waals surface area contributed by atoms with E-state index in [2.05, 4.69) is 53.8 Å². The van der Waals surface area contributed by atoms with E-state index >= 15 is 0 Å². The van der Waals surface area contributed by atoms with Gasteiger partial charge in [-0.1, -0.05) is 32.0 Å². The Bertz CT molecular complexity index is 236. The van der Waals surface area contributed by atoms with Crippen LogP contribution in [-0.4, -0.2) is 7.02 Å². The van der Waals surface area contributed by atoms with Crippen molar-refractivity contribution in [1.29, 1.82) is 0 Å². The molecule has 0 aliphatic rings. The molecule has 2 heteroatoms. The third-order valence-corrected chi connectivity index (χ3v) is 4.52. The highest BCUT2D eigenvalue weighted by atomic mass is 127. The number of halogens is 1. The Kier molecular flexibility index (Phi) is 4.29. The molecule has 0 fully saturated rings. The van der Waals surface area contributed by atoms with Crippen molar-refractivity contribution in [3.05, 3.63) is 29.3 Å². The molecule has 64 valence electrons. The fourth-order valence-corrected chi connectivity index (χ4v) is 3.60. The maximum atomic E-state index is 2.46. The van der Waals surface area contributed by atoms with E-state index in [1.165, 1.54) is 17.2 Å². The first kappa shape index (κ1) is 10.2. The van der Waals surface area contributed by atoms with E-state index in [4.69, 9.17) is 0 Å². The second-order valence-corrected chi connectivity index (χ2v) is 5.09. The normalized spacial score (nSPS) is 10.2. The van der Waals surface area contributed by atoms with Crippen LogP contribution in [0.15, 0.2) is 18.2 Å². The molecule has 0 atom stereocenters. The monoisotopic (exact) mass is 288 g/mol. The molecule has 12 heavy (non-hydrogen) atoms. The van der Waals surface area contributed by atoms with Crippen molar-refractivity contribution in [1.82, 2.24) is 0 Å². The van der Waals surface area contributed by atoms with E-state index in [9.17, 15) is 0 Å². The minimum absolute atomic E-state index is 0.905. The number of aryl methyl sites for hydroxylation is 1. The van der Waals surface area contributed by atoms with E-state index in [1.54, 1.807) is 5.56 Å². The second-order valence-electron chi connectivity index (χ2n) is 2.74. The molecule has 1 aromatic rings. The van der Waals surface area contributed by atoms with Crippen molar-refractivity contribution in [3.63, 3.8) is 0 Å². The summed E-state index contributed by atoms with van der Waals surface area (Å²) in [5.74, 6) is 0. The zero-order valence-electron chi connectivity index (χ0n) is 7.52. The molecule has 1 aromatic carbocycles. The fourth-order valence-electron chi connectivity index (χ4n) is 1.47. The van der Waals surface area contributed by atoms with Crippen LogP contribution in [0.1, 0.15) is 25.0 Å². The largest absolute Gasteiger partial charge is 0.169 e. The molecular weight excluding hydrogens is 275 g/mol. The van der Waals surface area contributed by atoms with Crippen LogP contribution in [0.25, 0.3) is 0 Å². The molecule has 1 rings (SSSR count).